The molecule has 1 unspecified atom stereocenters. The van der Waals surface area contributed by atoms with Gasteiger partial charge >= 0.3 is 0 Å². The molecule has 8 heteroatoms. The first-order valence-corrected chi connectivity index (χ1v) is 9.94. The van der Waals surface area contributed by atoms with Crippen molar-refractivity contribution in [2.75, 3.05) is 6.54 Å². The lowest BCUT2D eigenvalue weighted by Crippen LogP contribution is -2.29. The molecule has 0 amide bonds. The van der Waals surface area contributed by atoms with E-state index in [0.717, 1.165) is 22.2 Å². The van der Waals surface area contributed by atoms with Gasteiger partial charge in [0, 0.05) is 22.9 Å². The lowest BCUT2D eigenvalue weighted by atomic mass is 10.1. The summed E-state index contributed by atoms with van der Waals surface area (Å²) in [6.07, 6.45) is -1.02. The Balaban J connectivity index is 1.69. The van der Waals surface area contributed by atoms with E-state index in [4.69, 9.17) is 0 Å². The van der Waals surface area contributed by atoms with Crippen LogP contribution in [0, 0.1) is 11.6 Å². The Morgan fingerprint density at radius 2 is 1.80 bits per heavy atom. The van der Waals surface area contributed by atoms with E-state index in [1.54, 1.807) is 5.38 Å². The minimum Gasteiger partial charge on any atom is -0.387 e. The number of hydrogen-bond donors (Lipinski definition) is 2. The van der Waals surface area contributed by atoms with Crippen molar-refractivity contribution in [1.29, 1.82) is 0 Å². The maximum absolute atomic E-state index is 13.2. The molecule has 25 heavy (non-hydrogen) atoms. The SMILES string of the molecule is O=S(=O)(Cc1cc(F)cc(F)c1)NCC(O)c1csc2ccccc12. The Labute approximate surface area is 147 Å². The van der Waals surface area contributed by atoms with Gasteiger partial charge in [0.1, 0.15) is 11.6 Å². The minimum atomic E-state index is -3.85. The highest BCUT2D eigenvalue weighted by Gasteiger charge is 2.18. The topological polar surface area (TPSA) is 66.4 Å². The Morgan fingerprint density at radius 1 is 1.12 bits per heavy atom. The van der Waals surface area contributed by atoms with Crippen LogP contribution in [0.25, 0.3) is 10.1 Å². The van der Waals surface area contributed by atoms with Crippen LogP contribution in [0.1, 0.15) is 17.2 Å². The molecule has 3 rings (SSSR count). The monoisotopic (exact) mass is 383 g/mol. The van der Waals surface area contributed by atoms with Crippen LogP contribution >= 0.6 is 11.3 Å². The maximum Gasteiger partial charge on any atom is 0.215 e. The third-order valence-corrected chi connectivity index (χ3v) is 5.95. The number of rotatable bonds is 6. The van der Waals surface area contributed by atoms with E-state index in [1.165, 1.54) is 11.3 Å². The number of benzene rings is 2. The Hall–Kier alpha value is -1.87. The molecule has 2 aromatic carbocycles. The van der Waals surface area contributed by atoms with Gasteiger partial charge in [0.05, 0.1) is 11.9 Å². The summed E-state index contributed by atoms with van der Waals surface area (Å²) >= 11 is 1.46. The van der Waals surface area contributed by atoms with E-state index < -0.39 is 33.5 Å². The van der Waals surface area contributed by atoms with Crippen molar-refractivity contribution in [3.05, 3.63) is 70.6 Å². The van der Waals surface area contributed by atoms with E-state index >= 15 is 0 Å². The molecular formula is C17H15F2NO3S2. The average molecular weight is 383 g/mol. The number of sulfonamides is 1. The predicted octanol–water partition coefficient (Wildman–Crippen LogP) is 3.33. The van der Waals surface area contributed by atoms with Crippen LogP contribution in [0.3, 0.4) is 0 Å². The van der Waals surface area contributed by atoms with E-state index in [1.807, 2.05) is 24.3 Å². The molecule has 4 nitrogen and oxygen atoms in total. The first-order chi connectivity index (χ1) is 11.8. The predicted molar refractivity (Wildman–Crippen MR) is 93.8 cm³/mol. The second-order valence-corrected chi connectivity index (χ2v) is 8.31. The largest absolute Gasteiger partial charge is 0.387 e. The average Bonchev–Trinajstić information content (AvgIpc) is 2.95. The van der Waals surface area contributed by atoms with Crippen LogP contribution in [-0.4, -0.2) is 20.1 Å². The van der Waals surface area contributed by atoms with Crippen LogP contribution in [0.15, 0.2) is 47.8 Å². The van der Waals surface area contributed by atoms with Gasteiger partial charge in [0.25, 0.3) is 0 Å². The summed E-state index contributed by atoms with van der Waals surface area (Å²) in [5, 5.41) is 12.9. The zero-order chi connectivity index (χ0) is 18.0. The number of halogens is 2. The van der Waals surface area contributed by atoms with E-state index in [2.05, 4.69) is 4.72 Å². The van der Waals surface area contributed by atoms with Crippen molar-refractivity contribution in [3.63, 3.8) is 0 Å². The molecule has 3 aromatic rings. The molecule has 0 aliphatic heterocycles. The quantitative estimate of drug-likeness (QED) is 0.686. The number of nitrogens with one attached hydrogen (secondary N) is 1. The Morgan fingerprint density at radius 3 is 2.52 bits per heavy atom. The number of aliphatic hydroxyl groups excluding tert-OH is 1. The summed E-state index contributed by atoms with van der Waals surface area (Å²) in [5.41, 5.74) is 0.639. The fourth-order valence-corrected chi connectivity index (χ4v) is 4.66. The highest BCUT2D eigenvalue weighted by molar-refractivity contribution is 7.88. The first kappa shape index (κ1) is 17.9. The Kier molecular flexibility index (Phi) is 5.14. The van der Waals surface area contributed by atoms with Crippen LogP contribution in [0.2, 0.25) is 0 Å². The standard InChI is InChI=1S/C17H15F2NO3S2/c18-12-5-11(6-13(19)7-12)10-25(22,23)20-8-16(21)15-9-24-17-4-2-1-3-14(15)17/h1-7,9,16,20-21H,8,10H2. The summed E-state index contributed by atoms with van der Waals surface area (Å²) in [6, 6.07) is 10.1. The Bertz CT molecular complexity index is 982. The van der Waals surface area contributed by atoms with Crippen LogP contribution in [0.4, 0.5) is 8.78 Å². The molecule has 0 saturated carbocycles. The minimum absolute atomic E-state index is 0.000438. The third kappa shape index (κ3) is 4.40. The highest BCUT2D eigenvalue weighted by atomic mass is 32.2. The number of hydrogen-bond acceptors (Lipinski definition) is 4. The molecule has 1 aromatic heterocycles. The molecule has 0 fully saturated rings. The van der Waals surface area contributed by atoms with Crippen molar-refractivity contribution >= 4 is 31.4 Å². The fourth-order valence-electron chi connectivity index (χ4n) is 2.54. The van der Waals surface area contributed by atoms with Gasteiger partial charge in [-0.25, -0.2) is 21.9 Å². The van der Waals surface area contributed by atoms with Crippen LogP contribution in [-0.2, 0) is 15.8 Å². The van der Waals surface area contributed by atoms with E-state index in [9.17, 15) is 22.3 Å². The summed E-state index contributed by atoms with van der Waals surface area (Å²) in [4.78, 5) is 0. The molecule has 0 saturated heterocycles. The molecule has 0 aliphatic carbocycles. The molecular weight excluding hydrogens is 368 g/mol. The molecule has 1 atom stereocenters. The highest BCUT2D eigenvalue weighted by Crippen LogP contribution is 2.30. The summed E-state index contributed by atoms with van der Waals surface area (Å²) in [6.45, 7) is -0.221. The number of fused-ring (bicyclic) bond motifs is 1. The number of aliphatic hydroxyl groups is 1. The van der Waals surface area contributed by atoms with Crippen molar-refractivity contribution < 1.29 is 22.3 Å². The second kappa shape index (κ2) is 7.17. The summed E-state index contributed by atoms with van der Waals surface area (Å²) in [7, 11) is -3.85. The fraction of sp³-hybridized carbons (Fsp3) is 0.176. The van der Waals surface area contributed by atoms with Gasteiger partial charge in [-0.05, 0) is 34.5 Å². The third-order valence-electron chi connectivity index (χ3n) is 3.65. The smallest absolute Gasteiger partial charge is 0.215 e. The van der Waals surface area contributed by atoms with Crippen molar-refractivity contribution in [2.45, 2.75) is 11.9 Å². The van der Waals surface area contributed by atoms with Crippen molar-refractivity contribution in [3.8, 4) is 0 Å². The van der Waals surface area contributed by atoms with Crippen molar-refractivity contribution in [2.24, 2.45) is 0 Å². The second-order valence-electron chi connectivity index (χ2n) is 5.59. The lowest BCUT2D eigenvalue weighted by molar-refractivity contribution is 0.184. The van der Waals surface area contributed by atoms with Gasteiger partial charge in [-0.2, -0.15) is 0 Å². The molecule has 2 N–H and O–H groups in total. The molecule has 0 radical (unpaired) electrons. The molecule has 0 aliphatic rings. The van der Waals surface area contributed by atoms with Gasteiger partial charge in [0.2, 0.25) is 10.0 Å². The van der Waals surface area contributed by atoms with Crippen LogP contribution < -0.4 is 4.72 Å². The molecule has 1 heterocycles. The van der Waals surface area contributed by atoms with Gasteiger partial charge < -0.3 is 5.11 Å². The summed E-state index contributed by atoms with van der Waals surface area (Å²) < 4.78 is 53.8. The van der Waals surface area contributed by atoms with Crippen molar-refractivity contribution in [1.82, 2.24) is 4.72 Å². The zero-order valence-corrected chi connectivity index (χ0v) is 14.6. The lowest BCUT2D eigenvalue weighted by Gasteiger charge is -2.12. The normalized spacial score (nSPS) is 13.2. The maximum atomic E-state index is 13.2. The van der Waals surface area contributed by atoms with Gasteiger partial charge in [-0.3, -0.25) is 0 Å². The number of thiophene rings is 1. The van der Waals surface area contributed by atoms with E-state index in [-0.39, 0.29) is 12.1 Å². The summed E-state index contributed by atoms with van der Waals surface area (Å²) in [5.74, 6) is -2.25. The molecule has 132 valence electrons. The molecule has 0 bridgehead atoms. The molecule has 0 spiro atoms. The zero-order valence-electron chi connectivity index (χ0n) is 12.9. The van der Waals surface area contributed by atoms with Gasteiger partial charge in [-0.1, -0.05) is 18.2 Å². The van der Waals surface area contributed by atoms with Gasteiger partial charge in [-0.15, -0.1) is 11.3 Å². The van der Waals surface area contributed by atoms with Crippen LogP contribution in [0.5, 0.6) is 0 Å². The first-order valence-electron chi connectivity index (χ1n) is 7.40. The van der Waals surface area contributed by atoms with Gasteiger partial charge in [0.15, 0.2) is 0 Å². The van der Waals surface area contributed by atoms with E-state index in [0.29, 0.717) is 11.6 Å².